The molecule has 0 saturated heterocycles. The van der Waals surface area contributed by atoms with Crippen LogP contribution in [-0.4, -0.2) is 16.2 Å². The van der Waals surface area contributed by atoms with Crippen molar-refractivity contribution in [1.82, 2.24) is 10.2 Å². The van der Waals surface area contributed by atoms with Crippen LogP contribution in [0.25, 0.3) is 0 Å². The Morgan fingerprint density at radius 3 is 2.83 bits per heavy atom. The fraction of sp³-hybridized carbons (Fsp3) is 0.556. The molecule has 0 atom stereocenters. The highest BCUT2D eigenvalue weighted by atomic mass is 15.2. The molecule has 0 aromatic carbocycles. The van der Waals surface area contributed by atoms with E-state index in [9.17, 15) is 0 Å². The number of nitrogens with zero attached hydrogens (tertiary/aromatic N) is 2. The third kappa shape index (κ3) is 1.72. The van der Waals surface area contributed by atoms with E-state index in [1.165, 1.54) is 25.7 Å². The molecule has 3 heteroatoms. The minimum Gasteiger partial charge on any atom is -0.366 e. The van der Waals surface area contributed by atoms with Crippen LogP contribution in [0.2, 0.25) is 0 Å². The number of hydrogen-bond donors (Lipinski definition) is 1. The number of nitrogens with one attached hydrogen (secondary N) is 1. The van der Waals surface area contributed by atoms with Crippen molar-refractivity contribution in [3.05, 3.63) is 18.3 Å². The van der Waals surface area contributed by atoms with Crippen molar-refractivity contribution >= 4 is 5.82 Å². The molecule has 0 unspecified atom stereocenters. The van der Waals surface area contributed by atoms with Gasteiger partial charge in [-0.2, -0.15) is 5.10 Å². The van der Waals surface area contributed by atoms with Crippen molar-refractivity contribution in [2.45, 2.75) is 31.7 Å². The van der Waals surface area contributed by atoms with Gasteiger partial charge in [0, 0.05) is 12.2 Å². The highest BCUT2D eigenvalue weighted by Gasteiger charge is 2.14. The highest BCUT2D eigenvalue weighted by molar-refractivity contribution is 5.32. The lowest BCUT2D eigenvalue weighted by Gasteiger charge is -2.10. The highest BCUT2D eigenvalue weighted by Crippen LogP contribution is 2.20. The van der Waals surface area contributed by atoms with E-state index in [0.29, 0.717) is 6.04 Å². The third-order valence-corrected chi connectivity index (χ3v) is 2.28. The Balaban J connectivity index is 1.94. The van der Waals surface area contributed by atoms with E-state index in [-0.39, 0.29) is 0 Å². The van der Waals surface area contributed by atoms with Crippen LogP contribution in [0, 0.1) is 0 Å². The maximum atomic E-state index is 3.98. The van der Waals surface area contributed by atoms with Gasteiger partial charge in [0.05, 0.1) is 0 Å². The van der Waals surface area contributed by atoms with Gasteiger partial charge in [-0.25, -0.2) is 0 Å². The first-order valence-corrected chi connectivity index (χ1v) is 4.49. The summed E-state index contributed by atoms with van der Waals surface area (Å²) in [4.78, 5) is 0. The fourth-order valence-electron chi connectivity index (χ4n) is 1.66. The van der Waals surface area contributed by atoms with Crippen molar-refractivity contribution < 1.29 is 0 Å². The molecule has 1 fully saturated rings. The van der Waals surface area contributed by atoms with Crippen molar-refractivity contribution in [2.75, 3.05) is 5.32 Å². The van der Waals surface area contributed by atoms with Gasteiger partial charge in [0.2, 0.25) is 0 Å². The third-order valence-electron chi connectivity index (χ3n) is 2.28. The normalized spacial score (nSPS) is 18.0. The van der Waals surface area contributed by atoms with Crippen LogP contribution in [0.5, 0.6) is 0 Å². The molecule has 1 saturated carbocycles. The molecule has 1 heterocycles. The van der Waals surface area contributed by atoms with Crippen LogP contribution in [-0.2, 0) is 0 Å². The van der Waals surface area contributed by atoms with Gasteiger partial charge < -0.3 is 5.32 Å². The van der Waals surface area contributed by atoms with Gasteiger partial charge in [-0.15, -0.1) is 5.10 Å². The van der Waals surface area contributed by atoms with Crippen molar-refractivity contribution in [3.63, 3.8) is 0 Å². The summed E-state index contributed by atoms with van der Waals surface area (Å²) in [7, 11) is 0. The summed E-state index contributed by atoms with van der Waals surface area (Å²) in [5.74, 6) is 0.907. The maximum Gasteiger partial charge on any atom is 0.148 e. The second kappa shape index (κ2) is 3.52. The Kier molecular flexibility index (Phi) is 2.21. The topological polar surface area (TPSA) is 37.8 Å². The molecule has 12 heavy (non-hydrogen) atoms. The largest absolute Gasteiger partial charge is 0.366 e. The SMILES string of the molecule is c1cnnc(NC2CCCC2)c1. The van der Waals surface area contributed by atoms with Crippen LogP contribution in [0.4, 0.5) is 5.82 Å². The first kappa shape index (κ1) is 7.53. The zero-order valence-electron chi connectivity index (χ0n) is 7.03. The molecule has 0 spiro atoms. The monoisotopic (exact) mass is 163 g/mol. The lowest BCUT2D eigenvalue weighted by molar-refractivity contribution is 0.746. The van der Waals surface area contributed by atoms with E-state index >= 15 is 0 Å². The van der Waals surface area contributed by atoms with E-state index in [0.717, 1.165) is 5.82 Å². The van der Waals surface area contributed by atoms with Crippen LogP contribution in [0.15, 0.2) is 18.3 Å². The molecule has 3 nitrogen and oxygen atoms in total. The first-order chi connectivity index (χ1) is 5.95. The van der Waals surface area contributed by atoms with Gasteiger partial charge in [-0.3, -0.25) is 0 Å². The van der Waals surface area contributed by atoms with Crippen molar-refractivity contribution in [3.8, 4) is 0 Å². The molecule has 0 bridgehead atoms. The van der Waals surface area contributed by atoms with E-state index in [1.54, 1.807) is 6.20 Å². The quantitative estimate of drug-likeness (QED) is 0.722. The lowest BCUT2D eigenvalue weighted by Crippen LogP contribution is -2.15. The molecule has 1 N–H and O–H groups in total. The molecule has 1 aromatic heterocycles. The summed E-state index contributed by atoms with van der Waals surface area (Å²) in [6, 6.07) is 4.50. The fourth-order valence-corrected chi connectivity index (χ4v) is 1.66. The summed E-state index contributed by atoms with van der Waals surface area (Å²) in [6.07, 6.45) is 6.93. The lowest BCUT2D eigenvalue weighted by atomic mass is 10.2. The predicted molar refractivity (Wildman–Crippen MR) is 47.9 cm³/mol. The van der Waals surface area contributed by atoms with Gasteiger partial charge >= 0.3 is 0 Å². The summed E-state index contributed by atoms with van der Waals surface area (Å²) < 4.78 is 0. The molecule has 1 aliphatic carbocycles. The van der Waals surface area contributed by atoms with Crippen molar-refractivity contribution in [1.29, 1.82) is 0 Å². The summed E-state index contributed by atoms with van der Waals surface area (Å²) in [6.45, 7) is 0. The average molecular weight is 163 g/mol. The molecular weight excluding hydrogens is 150 g/mol. The Labute approximate surface area is 72.2 Å². The second-order valence-corrected chi connectivity index (χ2v) is 3.23. The second-order valence-electron chi connectivity index (χ2n) is 3.23. The number of aromatic nitrogens is 2. The molecular formula is C9H13N3. The first-order valence-electron chi connectivity index (χ1n) is 4.49. The van der Waals surface area contributed by atoms with Crippen molar-refractivity contribution in [2.24, 2.45) is 0 Å². The van der Waals surface area contributed by atoms with Crippen LogP contribution >= 0.6 is 0 Å². The van der Waals surface area contributed by atoms with Crippen LogP contribution in [0.1, 0.15) is 25.7 Å². The Morgan fingerprint density at radius 2 is 2.17 bits per heavy atom. The standard InChI is InChI=1S/C9H13N3/c1-2-5-8(4-1)11-9-6-3-7-10-12-9/h3,6-8H,1-2,4-5H2,(H,11,12). The molecule has 0 aliphatic heterocycles. The van der Waals surface area contributed by atoms with Gasteiger partial charge in [0.25, 0.3) is 0 Å². The van der Waals surface area contributed by atoms with Gasteiger partial charge in [-0.05, 0) is 25.0 Å². The minimum absolute atomic E-state index is 0.627. The van der Waals surface area contributed by atoms with Crippen LogP contribution < -0.4 is 5.32 Å². The summed E-state index contributed by atoms with van der Waals surface area (Å²) >= 11 is 0. The number of anilines is 1. The average Bonchev–Trinajstić information content (AvgIpc) is 2.59. The summed E-state index contributed by atoms with van der Waals surface area (Å²) in [5, 5.41) is 11.2. The smallest absolute Gasteiger partial charge is 0.148 e. The van der Waals surface area contributed by atoms with Gasteiger partial charge in [0.15, 0.2) is 0 Å². The summed E-state index contributed by atoms with van der Waals surface area (Å²) in [5.41, 5.74) is 0. The van der Waals surface area contributed by atoms with E-state index < -0.39 is 0 Å². The van der Waals surface area contributed by atoms with Gasteiger partial charge in [-0.1, -0.05) is 12.8 Å². The van der Waals surface area contributed by atoms with Crippen LogP contribution in [0.3, 0.4) is 0 Å². The maximum absolute atomic E-state index is 3.98. The number of hydrogen-bond acceptors (Lipinski definition) is 3. The van der Waals surface area contributed by atoms with E-state index in [2.05, 4.69) is 15.5 Å². The molecule has 0 radical (unpaired) electrons. The molecule has 1 aliphatic rings. The Morgan fingerprint density at radius 1 is 1.33 bits per heavy atom. The molecule has 0 amide bonds. The predicted octanol–water partition coefficient (Wildman–Crippen LogP) is 1.83. The molecule has 1 aromatic rings. The zero-order chi connectivity index (χ0) is 8.23. The zero-order valence-corrected chi connectivity index (χ0v) is 7.03. The van der Waals surface area contributed by atoms with Gasteiger partial charge in [0.1, 0.15) is 5.82 Å². The van der Waals surface area contributed by atoms with E-state index in [4.69, 9.17) is 0 Å². The minimum atomic E-state index is 0.627. The van der Waals surface area contributed by atoms with E-state index in [1.807, 2.05) is 12.1 Å². The molecule has 64 valence electrons. The number of rotatable bonds is 2. The molecule has 2 rings (SSSR count). The Hall–Kier alpha value is -1.12. The Bertz CT molecular complexity index is 229.